The van der Waals surface area contributed by atoms with Gasteiger partial charge in [-0.1, -0.05) is 53.7 Å². The van der Waals surface area contributed by atoms with Crippen LogP contribution in [-0.4, -0.2) is 36.7 Å². The quantitative estimate of drug-likeness (QED) is 0.604. The third kappa shape index (κ3) is 2.87. The van der Waals surface area contributed by atoms with Gasteiger partial charge in [0.25, 0.3) is 5.91 Å². The van der Waals surface area contributed by atoms with Gasteiger partial charge in [-0.15, -0.1) is 0 Å². The first kappa shape index (κ1) is 17.7. The van der Waals surface area contributed by atoms with Crippen LogP contribution < -0.4 is 4.90 Å². The van der Waals surface area contributed by atoms with E-state index in [4.69, 9.17) is 9.57 Å². The topological polar surface area (TPSA) is 85.3 Å². The Balaban J connectivity index is 1.65. The van der Waals surface area contributed by atoms with E-state index < -0.39 is 29.8 Å². The van der Waals surface area contributed by atoms with Gasteiger partial charge < -0.3 is 9.57 Å². The van der Waals surface area contributed by atoms with Crippen LogP contribution >= 0.6 is 0 Å². The lowest BCUT2D eigenvalue weighted by Gasteiger charge is -2.17. The first-order valence-corrected chi connectivity index (χ1v) is 8.64. The predicted octanol–water partition coefficient (Wildman–Crippen LogP) is 2.43. The third-order valence-electron chi connectivity index (χ3n) is 4.64. The van der Waals surface area contributed by atoms with E-state index in [-0.39, 0.29) is 11.3 Å². The Hall–Kier alpha value is -3.74. The van der Waals surface area contributed by atoms with Gasteiger partial charge in [0.1, 0.15) is 5.92 Å². The highest BCUT2D eigenvalue weighted by Gasteiger charge is 2.55. The number of fused-ring (bicyclic) bond motifs is 1. The number of para-hydroxylation sites is 1. The highest BCUT2D eigenvalue weighted by Crippen LogP contribution is 2.35. The molecule has 2 aliphatic heterocycles. The van der Waals surface area contributed by atoms with Crippen LogP contribution in [0.2, 0.25) is 0 Å². The van der Waals surface area contributed by atoms with E-state index >= 15 is 0 Å². The number of anilines is 1. The molecule has 140 valence electrons. The van der Waals surface area contributed by atoms with Gasteiger partial charge in [-0.3, -0.25) is 9.59 Å². The Morgan fingerprint density at radius 1 is 1.04 bits per heavy atom. The van der Waals surface area contributed by atoms with Crippen molar-refractivity contribution < 1.29 is 24.0 Å². The fourth-order valence-corrected chi connectivity index (χ4v) is 3.28. The van der Waals surface area contributed by atoms with E-state index in [0.717, 1.165) is 10.5 Å². The average molecular weight is 376 g/mol. The van der Waals surface area contributed by atoms with E-state index in [1.54, 1.807) is 24.3 Å². The molecule has 0 spiro atoms. The molecule has 0 bridgehead atoms. The van der Waals surface area contributed by atoms with Gasteiger partial charge in [-0.05, 0) is 23.8 Å². The molecule has 0 aliphatic carbocycles. The minimum Gasteiger partial charge on any atom is -0.465 e. The molecule has 4 rings (SSSR count). The van der Waals surface area contributed by atoms with Gasteiger partial charge in [0.15, 0.2) is 0 Å². The lowest BCUT2D eigenvalue weighted by atomic mass is 9.99. The standard InChI is InChI=1S/C21H16N2O5/c1-27-21(26)14-9-5-6-10-16(14)23-19(24)17-15(22-28-18(17)20(23)25)12-11-13-7-3-2-4-8-13/h2-12,17-18H,1H3/b12-11+. The van der Waals surface area contributed by atoms with E-state index in [2.05, 4.69) is 5.16 Å². The van der Waals surface area contributed by atoms with Gasteiger partial charge in [0, 0.05) is 0 Å². The second-order valence-electron chi connectivity index (χ2n) is 6.28. The first-order valence-electron chi connectivity index (χ1n) is 8.64. The molecule has 2 aromatic rings. The van der Waals surface area contributed by atoms with Crippen molar-refractivity contribution >= 4 is 35.3 Å². The van der Waals surface area contributed by atoms with Crippen molar-refractivity contribution in [1.29, 1.82) is 0 Å². The van der Waals surface area contributed by atoms with Crippen LogP contribution in [0.15, 0.2) is 65.8 Å². The first-order chi connectivity index (χ1) is 13.6. The molecule has 0 saturated carbocycles. The maximum Gasteiger partial charge on any atom is 0.339 e. The lowest BCUT2D eigenvalue weighted by molar-refractivity contribution is -0.126. The fourth-order valence-electron chi connectivity index (χ4n) is 3.28. The van der Waals surface area contributed by atoms with Gasteiger partial charge in [0.05, 0.1) is 24.1 Å². The number of carbonyl (C=O) groups is 3. The summed E-state index contributed by atoms with van der Waals surface area (Å²) in [7, 11) is 1.24. The minimum atomic E-state index is -1.03. The molecule has 2 aromatic carbocycles. The van der Waals surface area contributed by atoms with Crippen LogP contribution in [0.1, 0.15) is 15.9 Å². The molecule has 1 fully saturated rings. The van der Waals surface area contributed by atoms with Crippen LogP contribution in [0.5, 0.6) is 0 Å². The summed E-state index contributed by atoms with van der Waals surface area (Å²) in [5, 5.41) is 3.91. The number of allylic oxidation sites excluding steroid dienone is 1. The molecular formula is C21H16N2O5. The third-order valence-corrected chi connectivity index (χ3v) is 4.64. The SMILES string of the molecule is COC(=O)c1ccccc1N1C(=O)C2ON=C(/C=C/c3ccccc3)C2C1=O. The largest absolute Gasteiger partial charge is 0.465 e. The van der Waals surface area contributed by atoms with Gasteiger partial charge in [0.2, 0.25) is 12.0 Å². The van der Waals surface area contributed by atoms with Crippen molar-refractivity contribution in [3.8, 4) is 0 Å². The summed E-state index contributed by atoms with van der Waals surface area (Å²) in [6, 6.07) is 15.8. The van der Waals surface area contributed by atoms with E-state index in [1.807, 2.05) is 30.3 Å². The van der Waals surface area contributed by atoms with E-state index in [9.17, 15) is 14.4 Å². The number of benzene rings is 2. The fraction of sp³-hybridized carbons (Fsp3) is 0.143. The predicted molar refractivity (Wildman–Crippen MR) is 102 cm³/mol. The summed E-state index contributed by atoms with van der Waals surface area (Å²) in [5.74, 6) is -2.52. The van der Waals surface area contributed by atoms with Crippen LogP contribution in [0.25, 0.3) is 6.08 Å². The number of methoxy groups -OCH3 is 1. The molecule has 7 heteroatoms. The Bertz CT molecular complexity index is 1010. The van der Waals surface area contributed by atoms with Crippen molar-refractivity contribution in [1.82, 2.24) is 0 Å². The Labute approximate surface area is 160 Å². The van der Waals surface area contributed by atoms with Crippen LogP contribution in [-0.2, 0) is 19.2 Å². The van der Waals surface area contributed by atoms with Crippen LogP contribution in [0.3, 0.4) is 0 Å². The number of esters is 1. The number of imide groups is 1. The minimum absolute atomic E-state index is 0.130. The molecular weight excluding hydrogens is 360 g/mol. The second-order valence-corrected chi connectivity index (χ2v) is 6.28. The highest BCUT2D eigenvalue weighted by molar-refractivity contribution is 6.32. The molecule has 0 aromatic heterocycles. The average Bonchev–Trinajstić information content (AvgIpc) is 3.26. The van der Waals surface area contributed by atoms with Crippen molar-refractivity contribution in [3.05, 3.63) is 71.8 Å². The zero-order valence-corrected chi connectivity index (χ0v) is 14.9. The maximum atomic E-state index is 13.0. The zero-order valence-electron chi connectivity index (χ0n) is 14.9. The van der Waals surface area contributed by atoms with Crippen molar-refractivity contribution in [2.75, 3.05) is 12.0 Å². The van der Waals surface area contributed by atoms with E-state index in [1.165, 1.54) is 19.2 Å². The second kappa shape index (κ2) is 7.11. The Morgan fingerprint density at radius 2 is 1.75 bits per heavy atom. The van der Waals surface area contributed by atoms with Crippen molar-refractivity contribution in [2.45, 2.75) is 6.10 Å². The molecule has 0 radical (unpaired) electrons. The Morgan fingerprint density at radius 3 is 2.50 bits per heavy atom. The summed E-state index contributed by atoms with van der Waals surface area (Å²) >= 11 is 0. The molecule has 2 heterocycles. The Kier molecular flexibility index (Phi) is 4.49. The van der Waals surface area contributed by atoms with Gasteiger partial charge in [-0.2, -0.15) is 0 Å². The van der Waals surface area contributed by atoms with Gasteiger partial charge >= 0.3 is 5.97 Å². The molecule has 1 saturated heterocycles. The smallest absolute Gasteiger partial charge is 0.339 e. The normalized spacial score (nSPS) is 20.9. The number of hydrogen-bond acceptors (Lipinski definition) is 6. The summed E-state index contributed by atoms with van der Waals surface area (Å²) in [6.45, 7) is 0. The number of rotatable bonds is 4. The molecule has 2 amide bonds. The van der Waals surface area contributed by atoms with Crippen LogP contribution in [0.4, 0.5) is 5.69 Å². The van der Waals surface area contributed by atoms with Gasteiger partial charge in [-0.25, -0.2) is 9.69 Å². The number of amides is 2. The number of oxime groups is 1. The number of carbonyl (C=O) groups excluding carboxylic acids is 3. The van der Waals surface area contributed by atoms with E-state index in [0.29, 0.717) is 5.71 Å². The summed E-state index contributed by atoms with van der Waals surface area (Å²) in [5.41, 5.74) is 1.60. The van der Waals surface area contributed by atoms with Crippen molar-refractivity contribution in [3.63, 3.8) is 0 Å². The zero-order chi connectivity index (χ0) is 19.7. The molecule has 7 nitrogen and oxygen atoms in total. The number of hydrogen-bond donors (Lipinski definition) is 0. The monoisotopic (exact) mass is 376 g/mol. The highest BCUT2D eigenvalue weighted by atomic mass is 16.6. The molecule has 2 atom stereocenters. The molecule has 2 aliphatic rings. The summed E-state index contributed by atoms with van der Waals surface area (Å²) in [4.78, 5) is 44.1. The summed E-state index contributed by atoms with van der Waals surface area (Å²) in [6.07, 6.45) is 2.43. The maximum absolute atomic E-state index is 13.0. The molecule has 28 heavy (non-hydrogen) atoms. The lowest BCUT2D eigenvalue weighted by Crippen LogP contribution is -2.34. The van der Waals surface area contributed by atoms with Crippen molar-refractivity contribution in [2.24, 2.45) is 11.1 Å². The van der Waals surface area contributed by atoms with Crippen LogP contribution in [0, 0.1) is 5.92 Å². The number of nitrogens with zero attached hydrogens (tertiary/aromatic N) is 2. The number of ether oxygens (including phenoxy) is 1. The summed E-state index contributed by atoms with van der Waals surface area (Å²) < 4.78 is 4.76. The molecule has 0 N–H and O–H groups in total. The molecule has 2 unspecified atom stereocenters.